The van der Waals surface area contributed by atoms with E-state index in [2.05, 4.69) is 117 Å². The van der Waals surface area contributed by atoms with E-state index in [4.69, 9.17) is 15.0 Å². The SMILES string of the molecule is CC(/C=C(/c1cc(-c2ccccc2)nc(-c2ccccc2)c1)c1ccccc1C)=Nc1nc2ccccc2cc1C. The highest BCUT2D eigenvalue weighted by Crippen LogP contribution is 2.33. The van der Waals surface area contributed by atoms with Crippen molar-refractivity contribution in [1.29, 1.82) is 0 Å². The monoisotopic (exact) mass is 529 g/mol. The van der Waals surface area contributed by atoms with Gasteiger partial charge in [0.05, 0.1) is 16.9 Å². The molecule has 3 heteroatoms. The Hall–Kier alpha value is -5.15. The first-order valence-electron chi connectivity index (χ1n) is 13.9. The molecule has 0 aliphatic rings. The number of aliphatic imine (C=N–C) groups is 1. The molecular formula is C38H31N3. The van der Waals surface area contributed by atoms with E-state index in [9.17, 15) is 0 Å². The first-order valence-corrected chi connectivity index (χ1v) is 13.9. The molecule has 0 atom stereocenters. The number of rotatable bonds is 6. The van der Waals surface area contributed by atoms with Crippen LogP contribution in [0.25, 0.3) is 39.0 Å². The Morgan fingerprint density at radius 1 is 0.610 bits per heavy atom. The Balaban J connectivity index is 1.55. The second-order valence-corrected chi connectivity index (χ2v) is 10.3. The Bertz CT molecular complexity index is 1840. The van der Waals surface area contributed by atoms with Gasteiger partial charge in [0.15, 0.2) is 5.82 Å². The van der Waals surface area contributed by atoms with Gasteiger partial charge in [-0.05, 0) is 78.9 Å². The molecular weight excluding hydrogens is 498 g/mol. The third-order valence-corrected chi connectivity index (χ3v) is 7.23. The lowest BCUT2D eigenvalue weighted by molar-refractivity contribution is 1.27. The van der Waals surface area contributed by atoms with Gasteiger partial charge in [0.25, 0.3) is 0 Å². The summed E-state index contributed by atoms with van der Waals surface area (Å²) >= 11 is 0. The number of pyridine rings is 2. The van der Waals surface area contributed by atoms with E-state index >= 15 is 0 Å². The summed E-state index contributed by atoms with van der Waals surface area (Å²) in [5.74, 6) is 0.742. The van der Waals surface area contributed by atoms with Crippen molar-refractivity contribution < 1.29 is 0 Å². The van der Waals surface area contributed by atoms with Gasteiger partial charge in [0.2, 0.25) is 0 Å². The molecule has 0 bridgehead atoms. The van der Waals surface area contributed by atoms with Gasteiger partial charge in [0, 0.05) is 22.2 Å². The summed E-state index contributed by atoms with van der Waals surface area (Å²) in [5, 5.41) is 1.12. The summed E-state index contributed by atoms with van der Waals surface area (Å²) in [5.41, 5.74) is 11.5. The molecule has 0 saturated carbocycles. The fourth-order valence-electron chi connectivity index (χ4n) is 5.12. The van der Waals surface area contributed by atoms with Gasteiger partial charge in [-0.1, -0.05) is 103 Å². The highest BCUT2D eigenvalue weighted by molar-refractivity contribution is 6.04. The van der Waals surface area contributed by atoms with Gasteiger partial charge < -0.3 is 0 Å². The zero-order chi connectivity index (χ0) is 28.2. The molecule has 0 fully saturated rings. The Labute approximate surface area is 241 Å². The van der Waals surface area contributed by atoms with E-state index < -0.39 is 0 Å². The number of aryl methyl sites for hydroxylation is 2. The average Bonchev–Trinajstić information content (AvgIpc) is 3.01. The average molecular weight is 530 g/mol. The van der Waals surface area contributed by atoms with E-state index in [1.807, 2.05) is 37.3 Å². The van der Waals surface area contributed by atoms with Gasteiger partial charge in [-0.15, -0.1) is 0 Å². The molecule has 2 heterocycles. The van der Waals surface area contributed by atoms with Crippen molar-refractivity contribution in [2.75, 3.05) is 0 Å². The van der Waals surface area contributed by atoms with E-state index in [1.54, 1.807) is 0 Å². The van der Waals surface area contributed by atoms with E-state index in [1.165, 1.54) is 5.56 Å². The fourth-order valence-corrected chi connectivity index (χ4v) is 5.12. The van der Waals surface area contributed by atoms with Crippen molar-refractivity contribution in [3.8, 4) is 22.5 Å². The van der Waals surface area contributed by atoms with Crippen molar-refractivity contribution in [3.63, 3.8) is 0 Å². The molecule has 0 N–H and O–H groups in total. The highest BCUT2D eigenvalue weighted by atomic mass is 14.9. The molecule has 0 amide bonds. The van der Waals surface area contributed by atoms with Crippen LogP contribution in [0.15, 0.2) is 138 Å². The number of fused-ring (bicyclic) bond motifs is 1. The Morgan fingerprint density at radius 2 is 1.20 bits per heavy atom. The zero-order valence-electron chi connectivity index (χ0n) is 23.5. The summed E-state index contributed by atoms with van der Waals surface area (Å²) in [4.78, 5) is 15.0. The number of hydrogen-bond acceptors (Lipinski definition) is 3. The lowest BCUT2D eigenvalue weighted by Gasteiger charge is -2.15. The predicted octanol–water partition coefficient (Wildman–Crippen LogP) is 9.80. The van der Waals surface area contributed by atoms with Crippen LogP contribution in [0.4, 0.5) is 5.82 Å². The predicted molar refractivity (Wildman–Crippen MR) is 173 cm³/mol. The molecule has 6 rings (SSSR count). The molecule has 4 aromatic carbocycles. The van der Waals surface area contributed by atoms with E-state index in [0.717, 1.165) is 67.2 Å². The maximum absolute atomic E-state index is 5.09. The fraction of sp³-hybridized carbons (Fsp3) is 0.0789. The van der Waals surface area contributed by atoms with Gasteiger partial charge >= 0.3 is 0 Å². The maximum Gasteiger partial charge on any atom is 0.155 e. The minimum absolute atomic E-state index is 0.742. The summed E-state index contributed by atoms with van der Waals surface area (Å²) in [7, 11) is 0. The van der Waals surface area contributed by atoms with Crippen molar-refractivity contribution in [1.82, 2.24) is 9.97 Å². The molecule has 0 spiro atoms. The number of nitrogens with zero attached hydrogens (tertiary/aromatic N) is 3. The van der Waals surface area contributed by atoms with Crippen LogP contribution in [-0.2, 0) is 0 Å². The van der Waals surface area contributed by atoms with Crippen LogP contribution >= 0.6 is 0 Å². The third kappa shape index (κ3) is 5.75. The zero-order valence-corrected chi connectivity index (χ0v) is 23.5. The molecule has 0 aliphatic carbocycles. The van der Waals surface area contributed by atoms with E-state index in [-0.39, 0.29) is 0 Å². The molecule has 0 saturated heterocycles. The second-order valence-electron chi connectivity index (χ2n) is 10.3. The van der Waals surface area contributed by atoms with Gasteiger partial charge in [0.1, 0.15) is 0 Å². The van der Waals surface area contributed by atoms with Crippen LogP contribution in [0, 0.1) is 13.8 Å². The number of aromatic nitrogens is 2. The minimum atomic E-state index is 0.742. The molecule has 198 valence electrons. The molecule has 3 nitrogen and oxygen atoms in total. The number of allylic oxidation sites excluding steroid dienone is 1. The largest absolute Gasteiger partial charge is 0.248 e. The van der Waals surface area contributed by atoms with Crippen LogP contribution in [-0.4, -0.2) is 15.7 Å². The summed E-state index contributed by atoms with van der Waals surface area (Å²) in [6, 6.07) is 43.9. The first kappa shape index (κ1) is 26.1. The normalized spacial score (nSPS) is 12.1. The third-order valence-electron chi connectivity index (χ3n) is 7.23. The quantitative estimate of drug-likeness (QED) is 0.201. The summed E-state index contributed by atoms with van der Waals surface area (Å²) in [6.07, 6.45) is 2.18. The Kier molecular flexibility index (Phi) is 7.34. The summed E-state index contributed by atoms with van der Waals surface area (Å²) < 4.78 is 0. The summed E-state index contributed by atoms with van der Waals surface area (Å²) in [6.45, 7) is 6.27. The van der Waals surface area contributed by atoms with Crippen LogP contribution in [0.3, 0.4) is 0 Å². The number of para-hydroxylation sites is 1. The lowest BCUT2D eigenvalue weighted by atomic mass is 9.91. The first-order chi connectivity index (χ1) is 20.0. The van der Waals surface area contributed by atoms with Crippen molar-refractivity contribution in [2.45, 2.75) is 20.8 Å². The number of hydrogen-bond donors (Lipinski definition) is 0. The molecule has 0 unspecified atom stereocenters. The smallest absolute Gasteiger partial charge is 0.155 e. The van der Waals surface area contributed by atoms with Crippen molar-refractivity contribution >= 4 is 28.0 Å². The van der Waals surface area contributed by atoms with Crippen LogP contribution in [0.1, 0.15) is 29.2 Å². The molecule has 0 radical (unpaired) electrons. The van der Waals surface area contributed by atoms with Crippen LogP contribution in [0.5, 0.6) is 0 Å². The Morgan fingerprint density at radius 3 is 1.85 bits per heavy atom. The molecule has 2 aromatic heterocycles. The van der Waals surface area contributed by atoms with Crippen molar-refractivity contribution in [2.24, 2.45) is 4.99 Å². The van der Waals surface area contributed by atoms with E-state index in [0.29, 0.717) is 0 Å². The minimum Gasteiger partial charge on any atom is -0.248 e. The molecule has 0 aliphatic heterocycles. The van der Waals surface area contributed by atoms with Crippen LogP contribution < -0.4 is 0 Å². The van der Waals surface area contributed by atoms with Gasteiger partial charge in [-0.25, -0.2) is 15.0 Å². The van der Waals surface area contributed by atoms with Gasteiger partial charge in [-0.2, -0.15) is 0 Å². The maximum atomic E-state index is 5.09. The second kappa shape index (κ2) is 11.5. The number of benzene rings is 4. The van der Waals surface area contributed by atoms with Crippen molar-refractivity contribution in [3.05, 3.63) is 156 Å². The topological polar surface area (TPSA) is 38.1 Å². The highest BCUT2D eigenvalue weighted by Gasteiger charge is 2.14. The van der Waals surface area contributed by atoms with Gasteiger partial charge in [-0.3, -0.25) is 0 Å². The van der Waals surface area contributed by atoms with Crippen LogP contribution in [0.2, 0.25) is 0 Å². The standard InChI is InChI=1S/C38H31N3/c1-26-14-10-12-20-33(26)34(23-28(3)39-38-27(2)22-31-19-11-13-21-35(31)41-38)32-24-36(29-15-6-4-7-16-29)40-37(25-32)30-17-8-5-9-18-30/h4-25H,1-3H3/b34-23-,39-28?. The molecule has 41 heavy (non-hydrogen) atoms. The molecule has 6 aromatic rings. The lowest BCUT2D eigenvalue weighted by Crippen LogP contribution is -1.99.